The first kappa shape index (κ1) is 17.0. The number of nitrogens with one attached hydrogen (secondary N) is 1. The van der Waals surface area contributed by atoms with Gasteiger partial charge in [0.2, 0.25) is 5.91 Å². The van der Waals surface area contributed by atoms with E-state index in [4.69, 9.17) is 4.74 Å². The monoisotopic (exact) mass is 361 g/mol. The standard InChI is InChI=1S/C21H19N3O3/c1-13-11-17(14(2)24(13)19-5-3-4-10-22-19)21(26)27-16-7-8-18-15(12-16)6-9-20(25)23-18/h3-5,7-8,10-12H,6,9H2,1-2H3,(H,23,25). The van der Waals surface area contributed by atoms with Crippen molar-refractivity contribution in [3.05, 3.63) is 71.2 Å². The van der Waals surface area contributed by atoms with Gasteiger partial charge < -0.3 is 14.6 Å². The zero-order valence-electron chi connectivity index (χ0n) is 15.2. The van der Waals surface area contributed by atoms with Gasteiger partial charge in [-0.1, -0.05) is 6.07 Å². The molecule has 0 aliphatic carbocycles. The molecule has 1 amide bonds. The number of benzene rings is 1. The second kappa shape index (κ2) is 6.72. The molecule has 0 saturated heterocycles. The van der Waals surface area contributed by atoms with E-state index in [2.05, 4.69) is 10.3 Å². The molecule has 0 fully saturated rings. The topological polar surface area (TPSA) is 73.2 Å². The number of ether oxygens (including phenoxy) is 1. The Bertz CT molecular complexity index is 1040. The minimum Gasteiger partial charge on any atom is -0.423 e. The Morgan fingerprint density at radius 3 is 2.78 bits per heavy atom. The van der Waals surface area contributed by atoms with E-state index in [1.54, 1.807) is 18.3 Å². The predicted octanol–water partition coefficient (Wildman–Crippen LogP) is 3.59. The van der Waals surface area contributed by atoms with Crippen molar-refractivity contribution in [2.45, 2.75) is 26.7 Å². The average Bonchev–Trinajstić information content (AvgIpc) is 2.97. The Morgan fingerprint density at radius 2 is 2.00 bits per heavy atom. The molecule has 1 aliphatic heterocycles. The molecule has 1 aromatic carbocycles. The van der Waals surface area contributed by atoms with Gasteiger partial charge in [0.05, 0.1) is 5.56 Å². The second-order valence-electron chi connectivity index (χ2n) is 6.56. The van der Waals surface area contributed by atoms with Crippen LogP contribution in [0.1, 0.15) is 33.7 Å². The highest BCUT2D eigenvalue weighted by atomic mass is 16.5. The number of nitrogens with zero attached hydrogens (tertiary/aromatic N) is 2. The van der Waals surface area contributed by atoms with Crippen molar-refractivity contribution >= 4 is 17.6 Å². The first-order valence-electron chi connectivity index (χ1n) is 8.78. The summed E-state index contributed by atoms with van der Waals surface area (Å²) >= 11 is 0. The van der Waals surface area contributed by atoms with Crippen LogP contribution in [0.25, 0.3) is 5.82 Å². The Morgan fingerprint density at radius 1 is 1.15 bits per heavy atom. The summed E-state index contributed by atoms with van der Waals surface area (Å²) < 4.78 is 7.52. The summed E-state index contributed by atoms with van der Waals surface area (Å²) in [7, 11) is 0. The van der Waals surface area contributed by atoms with Crippen LogP contribution in [0.5, 0.6) is 5.75 Å². The number of aryl methyl sites for hydroxylation is 2. The minimum atomic E-state index is -0.412. The first-order valence-corrected chi connectivity index (χ1v) is 8.78. The number of fused-ring (bicyclic) bond motifs is 1. The lowest BCUT2D eigenvalue weighted by Crippen LogP contribution is -2.19. The molecule has 0 atom stereocenters. The van der Waals surface area contributed by atoms with E-state index in [1.807, 2.05) is 48.7 Å². The van der Waals surface area contributed by atoms with Gasteiger partial charge in [0, 0.05) is 29.7 Å². The molecule has 136 valence electrons. The summed E-state index contributed by atoms with van der Waals surface area (Å²) in [6, 6.07) is 12.7. The van der Waals surface area contributed by atoms with Crippen LogP contribution in [0.15, 0.2) is 48.7 Å². The minimum absolute atomic E-state index is 0.00852. The molecule has 3 aromatic rings. The van der Waals surface area contributed by atoms with Crippen molar-refractivity contribution < 1.29 is 14.3 Å². The summed E-state index contributed by atoms with van der Waals surface area (Å²) in [4.78, 5) is 28.5. The molecule has 1 aliphatic rings. The van der Waals surface area contributed by atoms with E-state index in [9.17, 15) is 9.59 Å². The zero-order chi connectivity index (χ0) is 19.0. The summed E-state index contributed by atoms with van der Waals surface area (Å²) in [5.41, 5.74) is 3.94. The Labute approximate surface area is 156 Å². The molecule has 3 heterocycles. The molecular formula is C21H19N3O3. The second-order valence-corrected chi connectivity index (χ2v) is 6.56. The number of aromatic nitrogens is 2. The highest BCUT2D eigenvalue weighted by molar-refractivity contribution is 5.95. The lowest BCUT2D eigenvalue weighted by atomic mass is 10.0. The molecule has 0 spiro atoms. The summed E-state index contributed by atoms with van der Waals surface area (Å²) in [6.07, 6.45) is 2.80. The van der Waals surface area contributed by atoms with Gasteiger partial charge in [0.15, 0.2) is 0 Å². The fraction of sp³-hybridized carbons (Fsp3) is 0.190. The van der Waals surface area contributed by atoms with Gasteiger partial charge in [0.1, 0.15) is 11.6 Å². The van der Waals surface area contributed by atoms with Gasteiger partial charge in [-0.2, -0.15) is 0 Å². The number of esters is 1. The molecule has 4 rings (SSSR count). The number of hydrogen-bond donors (Lipinski definition) is 1. The van der Waals surface area contributed by atoms with E-state index >= 15 is 0 Å². The van der Waals surface area contributed by atoms with Gasteiger partial charge in [-0.05, 0) is 62.2 Å². The van der Waals surface area contributed by atoms with Gasteiger partial charge in [0.25, 0.3) is 0 Å². The molecule has 0 saturated carbocycles. The number of hydrogen-bond acceptors (Lipinski definition) is 4. The lowest BCUT2D eigenvalue weighted by molar-refractivity contribution is -0.116. The van der Waals surface area contributed by atoms with Gasteiger partial charge in [-0.15, -0.1) is 0 Å². The van der Waals surface area contributed by atoms with E-state index < -0.39 is 5.97 Å². The number of carbonyl (C=O) groups is 2. The fourth-order valence-electron chi connectivity index (χ4n) is 3.39. The highest BCUT2D eigenvalue weighted by Crippen LogP contribution is 2.28. The highest BCUT2D eigenvalue weighted by Gasteiger charge is 2.20. The molecule has 6 nitrogen and oxygen atoms in total. The number of anilines is 1. The Kier molecular flexibility index (Phi) is 4.24. The molecule has 0 unspecified atom stereocenters. The van der Waals surface area contributed by atoms with Crippen molar-refractivity contribution in [3.63, 3.8) is 0 Å². The molecule has 2 aromatic heterocycles. The lowest BCUT2D eigenvalue weighted by Gasteiger charge is -2.17. The van der Waals surface area contributed by atoms with Gasteiger partial charge >= 0.3 is 5.97 Å². The van der Waals surface area contributed by atoms with Crippen LogP contribution >= 0.6 is 0 Å². The van der Waals surface area contributed by atoms with Gasteiger partial charge in [-0.3, -0.25) is 4.79 Å². The van der Waals surface area contributed by atoms with Crippen molar-refractivity contribution in [1.82, 2.24) is 9.55 Å². The van der Waals surface area contributed by atoms with Crippen LogP contribution in [-0.2, 0) is 11.2 Å². The smallest absolute Gasteiger partial charge is 0.345 e. The third-order valence-electron chi connectivity index (χ3n) is 4.71. The normalized spacial score (nSPS) is 13.0. The largest absolute Gasteiger partial charge is 0.423 e. The summed E-state index contributed by atoms with van der Waals surface area (Å²) in [5, 5.41) is 2.82. The maximum absolute atomic E-state index is 12.7. The summed E-state index contributed by atoms with van der Waals surface area (Å²) in [6.45, 7) is 3.81. The maximum atomic E-state index is 12.7. The number of carbonyl (C=O) groups excluding carboxylic acids is 2. The van der Waals surface area contributed by atoms with Crippen molar-refractivity contribution in [2.24, 2.45) is 0 Å². The van der Waals surface area contributed by atoms with Crippen molar-refractivity contribution in [2.75, 3.05) is 5.32 Å². The maximum Gasteiger partial charge on any atom is 0.345 e. The number of rotatable bonds is 3. The van der Waals surface area contributed by atoms with Crippen LogP contribution in [-0.4, -0.2) is 21.4 Å². The third kappa shape index (κ3) is 3.21. The van der Waals surface area contributed by atoms with E-state index in [-0.39, 0.29) is 5.91 Å². The zero-order valence-corrected chi connectivity index (χ0v) is 15.2. The third-order valence-corrected chi connectivity index (χ3v) is 4.71. The predicted molar refractivity (Wildman–Crippen MR) is 101 cm³/mol. The molecule has 1 N–H and O–H groups in total. The quantitative estimate of drug-likeness (QED) is 0.571. The van der Waals surface area contributed by atoms with Gasteiger partial charge in [-0.25, -0.2) is 9.78 Å². The SMILES string of the molecule is Cc1cc(C(=O)Oc2ccc3c(c2)CCC(=O)N3)c(C)n1-c1ccccn1. The van der Waals surface area contributed by atoms with Crippen molar-refractivity contribution in [1.29, 1.82) is 0 Å². The van der Waals surface area contributed by atoms with E-state index in [0.717, 1.165) is 28.5 Å². The molecule has 6 heteroatoms. The Hall–Kier alpha value is -3.41. The van der Waals surface area contributed by atoms with Crippen molar-refractivity contribution in [3.8, 4) is 11.6 Å². The molecule has 0 bridgehead atoms. The van der Waals surface area contributed by atoms with Crippen LogP contribution in [0, 0.1) is 13.8 Å². The molecule has 0 radical (unpaired) electrons. The number of pyridine rings is 1. The van der Waals surface area contributed by atoms with E-state index in [0.29, 0.717) is 24.2 Å². The average molecular weight is 361 g/mol. The fourth-order valence-corrected chi connectivity index (χ4v) is 3.39. The number of amides is 1. The molecule has 27 heavy (non-hydrogen) atoms. The summed E-state index contributed by atoms with van der Waals surface area (Å²) in [5.74, 6) is 0.827. The van der Waals surface area contributed by atoms with Crippen LogP contribution in [0.2, 0.25) is 0 Å². The van der Waals surface area contributed by atoms with Crippen LogP contribution < -0.4 is 10.1 Å². The Balaban J connectivity index is 1.60. The van der Waals surface area contributed by atoms with E-state index in [1.165, 1.54) is 0 Å². The van der Waals surface area contributed by atoms with Crippen LogP contribution in [0.3, 0.4) is 0 Å². The first-order chi connectivity index (χ1) is 13.0. The molecular weight excluding hydrogens is 342 g/mol. The van der Waals surface area contributed by atoms with Crippen LogP contribution in [0.4, 0.5) is 5.69 Å².